The first kappa shape index (κ1) is 19.4. The quantitative estimate of drug-likeness (QED) is 0.450. The van der Waals surface area contributed by atoms with Gasteiger partial charge in [-0.15, -0.1) is 0 Å². The van der Waals surface area contributed by atoms with Crippen molar-refractivity contribution in [2.24, 2.45) is 0 Å². The molecule has 0 spiro atoms. The molecule has 0 radical (unpaired) electrons. The fraction of sp³-hybridized carbons (Fsp3) is 0.238. The number of benzene rings is 2. The average molecular weight is 381 g/mol. The van der Waals surface area contributed by atoms with E-state index in [1.165, 1.54) is 0 Å². The van der Waals surface area contributed by atoms with Gasteiger partial charge in [0.25, 0.3) is 0 Å². The molecule has 1 N–H and O–H groups in total. The summed E-state index contributed by atoms with van der Waals surface area (Å²) >= 11 is 0. The fourth-order valence-corrected chi connectivity index (χ4v) is 2.72. The SMILES string of the molecule is COCCOc1ccc(/C=C/c2cc(OC)cc(OC)c2-c2cn[nH]n2)cc1. The van der Waals surface area contributed by atoms with Crippen LogP contribution < -0.4 is 14.2 Å². The second-order valence-electron chi connectivity index (χ2n) is 5.89. The molecule has 0 bridgehead atoms. The van der Waals surface area contributed by atoms with Gasteiger partial charge in [-0.2, -0.15) is 15.4 Å². The van der Waals surface area contributed by atoms with E-state index < -0.39 is 0 Å². The minimum atomic E-state index is 0.524. The molecular formula is C21H23N3O4. The first-order chi connectivity index (χ1) is 13.7. The van der Waals surface area contributed by atoms with E-state index in [1.54, 1.807) is 27.5 Å². The minimum Gasteiger partial charge on any atom is -0.497 e. The zero-order chi connectivity index (χ0) is 19.8. The minimum absolute atomic E-state index is 0.524. The van der Waals surface area contributed by atoms with Crippen LogP contribution in [0.1, 0.15) is 11.1 Å². The summed E-state index contributed by atoms with van der Waals surface area (Å²) < 4.78 is 21.5. The van der Waals surface area contributed by atoms with Crippen molar-refractivity contribution in [3.05, 3.63) is 53.7 Å². The van der Waals surface area contributed by atoms with Gasteiger partial charge in [-0.3, -0.25) is 0 Å². The predicted octanol–water partition coefficient (Wildman–Crippen LogP) is 3.68. The largest absolute Gasteiger partial charge is 0.497 e. The molecule has 7 nitrogen and oxygen atoms in total. The van der Waals surface area contributed by atoms with E-state index in [0.29, 0.717) is 30.4 Å². The van der Waals surface area contributed by atoms with Gasteiger partial charge in [-0.1, -0.05) is 24.3 Å². The molecule has 3 aromatic rings. The molecule has 0 saturated carbocycles. The Kier molecular flexibility index (Phi) is 6.64. The molecular weight excluding hydrogens is 358 g/mol. The van der Waals surface area contributed by atoms with Gasteiger partial charge in [0.15, 0.2) is 0 Å². The highest BCUT2D eigenvalue weighted by Gasteiger charge is 2.15. The first-order valence-corrected chi connectivity index (χ1v) is 8.77. The van der Waals surface area contributed by atoms with Crippen molar-refractivity contribution in [1.82, 2.24) is 15.4 Å². The number of aromatic nitrogens is 3. The summed E-state index contributed by atoms with van der Waals surface area (Å²) in [5.74, 6) is 2.17. The molecule has 28 heavy (non-hydrogen) atoms. The number of ether oxygens (including phenoxy) is 4. The highest BCUT2D eigenvalue weighted by atomic mass is 16.5. The Hall–Kier alpha value is -3.32. The van der Waals surface area contributed by atoms with Crippen LogP contribution in [-0.2, 0) is 4.74 Å². The van der Waals surface area contributed by atoms with E-state index in [9.17, 15) is 0 Å². The maximum absolute atomic E-state index is 5.59. The number of nitrogens with one attached hydrogen (secondary N) is 1. The number of methoxy groups -OCH3 is 3. The number of hydrogen-bond acceptors (Lipinski definition) is 6. The Balaban J connectivity index is 1.88. The summed E-state index contributed by atoms with van der Waals surface area (Å²) in [4.78, 5) is 0. The Morgan fingerprint density at radius 1 is 0.929 bits per heavy atom. The van der Waals surface area contributed by atoms with Crippen LogP contribution >= 0.6 is 0 Å². The van der Waals surface area contributed by atoms with Crippen LogP contribution in [-0.4, -0.2) is 50.0 Å². The standard InChI is InChI=1S/C21H23N3O4/c1-25-10-11-28-17-8-5-15(6-9-17)4-7-16-12-18(26-2)13-20(27-3)21(16)19-14-22-24-23-19/h4-9,12-14H,10-11H2,1-3H3,(H,22,23,24)/b7-4+. The van der Waals surface area contributed by atoms with Crippen molar-refractivity contribution < 1.29 is 18.9 Å². The predicted molar refractivity (Wildman–Crippen MR) is 108 cm³/mol. The lowest BCUT2D eigenvalue weighted by molar-refractivity contribution is 0.146. The van der Waals surface area contributed by atoms with E-state index in [2.05, 4.69) is 15.4 Å². The smallest absolute Gasteiger partial charge is 0.132 e. The van der Waals surface area contributed by atoms with Crippen LogP contribution in [0, 0.1) is 0 Å². The summed E-state index contributed by atoms with van der Waals surface area (Å²) in [6, 6.07) is 11.6. The van der Waals surface area contributed by atoms with Gasteiger partial charge < -0.3 is 18.9 Å². The Labute approximate surface area is 163 Å². The average Bonchev–Trinajstić information content (AvgIpc) is 3.27. The Morgan fingerprint density at radius 2 is 1.75 bits per heavy atom. The molecule has 0 atom stereocenters. The van der Waals surface area contributed by atoms with Gasteiger partial charge in [-0.05, 0) is 29.3 Å². The fourth-order valence-electron chi connectivity index (χ4n) is 2.72. The van der Waals surface area contributed by atoms with E-state index in [0.717, 1.165) is 22.4 Å². The van der Waals surface area contributed by atoms with Crippen LogP contribution in [0.25, 0.3) is 23.4 Å². The van der Waals surface area contributed by atoms with Crippen molar-refractivity contribution >= 4 is 12.2 Å². The zero-order valence-corrected chi connectivity index (χ0v) is 16.1. The molecule has 0 amide bonds. The highest BCUT2D eigenvalue weighted by molar-refractivity contribution is 5.84. The number of H-pyrrole nitrogens is 1. The van der Waals surface area contributed by atoms with Crippen LogP contribution in [0.2, 0.25) is 0 Å². The van der Waals surface area contributed by atoms with Gasteiger partial charge in [0, 0.05) is 13.2 Å². The third kappa shape index (κ3) is 4.69. The molecule has 1 heterocycles. The molecule has 0 saturated heterocycles. The van der Waals surface area contributed by atoms with Gasteiger partial charge in [0.2, 0.25) is 0 Å². The van der Waals surface area contributed by atoms with Crippen LogP contribution in [0.4, 0.5) is 0 Å². The molecule has 0 aliphatic heterocycles. The highest BCUT2D eigenvalue weighted by Crippen LogP contribution is 2.36. The third-order valence-corrected chi connectivity index (χ3v) is 4.12. The molecule has 0 fully saturated rings. The number of nitrogens with zero attached hydrogens (tertiary/aromatic N) is 2. The molecule has 3 rings (SSSR count). The van der Waals surface area contributed by atoms with Crippen LogP contribution in [0.5, 0.6) is 17.2 Å². The molecule has 7 heteroatoms. The van der Waals surface area contributed by atoms with Gasteiger partial charge in [-0.25, -0.2) is 0 Å². The van der Waals surface area contributed by atoms with E-state index in [1.807, 2.05) is 48.6 Å². The van der Waals surface area contributed by atoms with Crippen molar-refractivity contribution in [2.75, 3.05) is 34.5 Å². The molecule has 0 aliphatic rings. The van der Waals surface area contributed by atoms with Crippen molar-refractivity contribution in [3.8, 4) is 28.5 Å². The van der Waals surface area contributed by atoms with E-state index >= 15 is 0 Å². The third-order valence-electron chi connectivity index (χ3n) is 4.12. The first-order valence-electron chi connectivity index (χ1n) is 8.77. The van der Waals surface area contributed by atoms with E-state index in [4.69, 9.17) is 18.9 Å². The normalized spacial score (nSPS) is 11.0. The monoisotopic (exact) mass is 381 g/mol. The summed E-state index contributed by atoms with van der Waals surface area (Å²) in [7, 11) is 4.90. The number of aromatic amines is 1. The Bertz CT molecular complexity index is 906. The summed E-state index contributed by atoms with van der Waals surface area (Å²) in [5, 5.41) is 10.7. The number of hydrogen-bond donors (Lipinski definition) is 1. The maximum Gasteiger partial charge on any atom is 0.132 e. The molecule has 146 valence electrons. The molecule has 0 unspecified atom stereocenters. The molecule has 1 aromatic heterocycles. The molecule has 2 aromatic carbocycles. The number of rotatable bonds is 9. The zero-order valence-electron chi connectivity index (χ0n) is 16.1. The summed E-state index contributed by atoms with van der Waals surface area (Å²) in [5.41, 5.74) is 3.48. The van der Waals surface area contributed by atoms with Crippen molar-refractivity contribution in [1.29, 1.82) is 0 Å². The molecule has 0 aliphatic carbocycles. The second kappa shape index (κ2) is 9.57. The van der Waals surface area contributed by atoms with Gasteiger partial charge >= 0.3 is 0 Å². The lowest BCUT2D eigenvalue weighted by atomic mass is 10.0. The topological polar surface area (TPSA) is 78.5 Å². The lowest BCUT2D eigenvalue weighted by Crippen LogP contribution is -2.03. The summed E-state index contributed by atoms with van der Waals surface area (Å²) in [6.07, 6.45) is 5.67. The Morgan fingerprint density at radius 3 is 2.39 bits per heavy atom. The van der Waals surface area contributed by atoms with Crippen molar-refractivity contribution in [3.63, 3.8) is 0 Å². The maximum atomic E-state index is 5.59. The van der Waals surface area contributed by atoms with Gasteiger partial charge in [0.1, 0.15) is 29.5 Å². The van der Waals surface area contributed by atoms with Crippen molar-refractivity contribution in [2.45, 2.75) is 0 Å². The van der Waals surface area contributed by atoms with Gasteiger partial charge in [0.05, 0.1) is 32.6 Å². The summed E-state index contributed by atoms with van der Waals surface area (Å²) in [6.45, 7) is 1.08. The van der Waals surface area contributed by atoms with E-state index in [-0.39, 0.29) is 0 Å². The van der Waals surface area contributed by atoms with Crippen LogP contribution in [0.15, 0.2) is 42.6 Å². The second-order valence-corrected chi connectivity index (χ2v) is 5.89. The van der Waals surface area contributed by atoms with Crippen LogP contribution in [0.3, 0.4) is 0 Å². The lowest BCUT2D eigenvalue weighted by Gasteiger charge is -2.12.